The van der Waals surface area contributed by atoms with E-state index < -0.39 is 0 Å². The second-order valence-electron chi connectivity index (χ2n) is 5.72. The van der Waals surface area contributed by atoms with Crippen molar-refractivity contribution in [3.8, 4) is 0 Å². The van der Waals surface area contributed by atoms with E-state index in [1.165, 1.54) is 0 Å². The smallest absolute Gasteiger partial charge is 0.319 e. The molecule has 0 bridgehead atoms. The first-order chi connectivity index (χ1) is 10.1. The molecule has 116 valence electrons. The van der Waals surface area contributed by atoms with E-state index in [-0.39, 0.29) is 12.1 Å². The van der Waals surface area contributed by atoms with E-state index in [0.29, 0.717) is 18.2 Å². The number of anilines is 1. The van der Waals surface area contributed by atoms with Crippen LogP contribution in [0, 0.1) is 5.92 Å². The standard InChI is InChI=1S/C15H24N4O2/c1-12(2)10-19-6-7-21-14(11-19)9-17-15(20)18-13-4-3-5-16-8-13/h3-5,8,12,14H,6-7,9-11H2,1-2H3,(H2,17,18,20). The van der Waals surface area contributed by atoms with E-state index in [1.807, 2.05) is 0 Å². The number of rotatable bonds is 5. The quantitative estimate of drug-likeness (QED) is 0.864. The van der Waals surface area contributed by atoms with Gasteiger partial charge in [-0.1, -0.05) is 13.8 Å². The number of pyridine rings is 1. The molecule has 1 unspecified atom stereocenters. The zero-order valence-corrected chi connectivity index (χ0v) is 12.7. The van der Waals surface area contributed by atoms with E-state index in [1.54, 1.807) is 24.5 Å². The third-order valence-electron chi connectivity index (χ3n) is 3.26. The minimum atomic E-state index is -0.229. The Morgan fingerprint density at radius 2 is 2.43 bits per heavy atom. The Morgan fingerprint density at radius 1 is 1.57 bits per heavy atom. The number of amides is 2. The minimum absolute atomic E-state index is 0.0529. The Kier molecular flexibility index (Phi) is 5.95. The first-order valence-corrected chi connectivity index (χ1v) is 7.42. The number of urea groups is 1. The fourth-order valence-electron chi connectivity index (χ4n) is 2.40. The summed E-state index contributed by atoms with van der Waals surface area (Å²) in [7, 11) is 0. The average molecular weight is 292 g/mol. The van der Waals surface area contributed by atoms with E-state index in [0.717, 1.165) is 26.2 Å². The van der Waals surface area contributed by atoms with Crippen LogP contribution in [0.4, 0.5) is 10.5 Å². The van der Waals surface area contributed by atoms with Crippen molar-refractivity contribution in [2.75, 3.05) is 38.1 Å². The molecule has 6 nitrogen and oxygen atoms in total. The van der Waals surface area contributed by atoms with E-state index in [4.69, 9.17) is 4.74 Å². The number of nitrogens with one attached hydrogen (secondary N) is 2. The van der Waals surface area contributed by atoms with Crippen LogP contribution in [0.25, 0.3) is 0 Å². The fraction of sp³-hybridized carbons (Fsp3) is 0.600. The van der Waals surface area contributed by atoms with Gasteiger partial charge in [0.2, 0.25) is 0 Å². The molecule has 2 amide bonds. The van der Waals surface area contributed by atoms with Crippen molar-refractivity contribution in [2.45, 2.75) is 20.0 Å². The van der Waals surface area contributed by atoms with Crippen molar-refractivity contribution in [1.29, 1.82) is 0 Å². The van der Waals surface area contributed by atoms with Gasteiger partial charge in [0.05, 0.1) is 24.6 Å². The topological polar surface area (TPSA) is 66.5 Å². The maximum Gasteiger partial charge on any atom is 0.319 e. The van der Waals surface area contributed by atoms with E-state index >= 15 is 0 Å². The second kappa shape index (κ2) is 7.95. The van der Waals surface area contributed by atoms with Crippen molar-refractivity contribution in [3.05, 3.63) is 24.5 Å². The number of hydrogen-bond acceptors (Lipinski definition) is 4. The lowest BCUT2D eigenvalue weighted by Crippen LogP contribution is -2.48. The molecule has 1 aliphatic heterocycles. The molecular formula is C15H24N4O2. The van der Waals surface area contributed by atoms with Crippen LogP contribution in [0.5, 0.6) is 0 Å². The van der Waals surface area contributed by atoms with Crippen molar-refractivity contribution >= 4 is 11.7 Å². The first kappa shape index (κ1) is 15.7. The largest absolute Gasteiger partial charge is 0.374 e. The van der Waals surface area contributed by atoms with Gasteiger partial charge in [0.15, 0.2) is 0 Å². The average Bonchev–Trinajstić information content (AvgIpc) is 2.46. The van der Waals surface area contributed by atoms with Crippen LogP contribution in [0.2, 0.25) is 0 Å². The summed E-state index contributed by atoms with van der Waals surface area (Å²) in [6.45, 7) is 8.57. The Bertz CT molecular complexity index is 439. The molecule has 1 aromatic rings. The molecule has 2 heterocycles. The molecule has 2 rings (SSSR count). The number of aromatic nitrogens is 1. The highest BCUT2D eigenvalue weighted by Gasteiger charge is 2.21. The Balaban J connectivity index is 1.71. The SMILES string of the molecule is CC(C)CN1CCOC(CNC(=O)Nc2cccnc2)C1. The molecule has 1 aliphatic rings. The summed E-state index contributed by atoms with van der Waals surface area (Å²) in [6, 6.07) is 3.35. The van der Waals surface area contributed by atoms with Gasteiger partial charge in [-0.15, -0.1) is 0 Å². The van der Waals surface area contributed by atoms with Crippen LogP contribution in [0.15, 0.2) is 24.5 Å². The number of morpholine rings is 1. The van der Waals surface area contributed by atoms with Gasteiger partial charge in [-0.05, 0) is 18.1 Å². The fourth-order valence-corrected chi connectivity index (χ4v) is 2.40. The molecule has 0 spiro atoms. The summed E-state index contributed by atoms with van der Waals surface area (Å²) in [5.74, 6) is 0.644. The van der Waals surface area contributed by atoms with Gasteiger partial charge in [0.1, 0.15) is 0 Å². The summed E-state index contributed by atoms with van der Waals surface area (Å²) in [5, 5.41) is 5.59. The molecule has 21 heavy (non-hydrogen) atoms. The lowest BCUT2D eigenvalue weighted by atomic mass is 10.2. The molecular weight excluding hydrogens is 268 g/mol. The molecule has 6 heteroatoms. The lowest BCUT2D eigenvalue weighted by Gasteiger charge is -2.33. The molecule has 0 saturated carbocycles. The van der Waals surface area contributed by atoms with Gasteiger partial charge >= 0.3 is 6.03 Å². The highest BCUT2D eigenvalue weighted by atomic mass is 16.5. The zero-order valence-electron chi connectivity index (χ0n) is 12.7. The molecule has 0 radical (unpaired) electrons. The van der Waals surface area contributed by atoms with Crippen LogP contribution in [0.3, 0.4) is 0 Å². The van der Waals surface area contributed by atoms with Crippen molar-refractivity contribution in [2.24, 2.45) is 5.92 Å². The summed E-state index contributed by atoms with van der Waals surface area (Å²) in [5.41, 5.74) is 0.681. The third kappa shape index (κ3) is 5.69. The predicted octanol–water partition coefficient (Wildman–Crippen LogP) is 1.56. The van der Waals surface area contributed by atoms with Gasteiger partial charge in [0.25, 0.3) is 0 Å². The van der Waals surface area contributed by atoms with Crippen LogP contribution in [-0.2, 0) is 4.74 Å². The number of carbonyl (C=O) groups is 1. The van der Waals surface area contributed by atoms with Crippen LogP contribution >= 0.6 is 0 Å². The zero-order chi connectivity index (χ0) is 15.1. The lowest BCUT2D eigenvalue weighted by molar-refractivity contribution is -0.0288. The maximum atomic E-state index is 11.8. The molecule has 1 fully saturated rings. The number of ether oxygens (including phenoxy) is 1. The molecule has 0 aromatic carbocycles. The van der Waals surface area contributed by atoms with Crippen LogP contribution in [-0.4, -0.2) is 54.8 Å². The molecule has 1 atom stereocenters. The molecule has 1 aromatic heterocycles. The second-order valence-corrected chi connectivity index (χ2v) is 5.72. The number of hydrogen-bond donors (Lipinski definition) is 2. The summed E-state index contributed by atoms with van der Waals surface area (Å²) in [6.07, 6.45) is 3.33. The van der Waals surface area contributed by atoms with Crippen molar-refractivity contribution in [3.63, 3.8) is 0 Å². The van der Waals surface area contributed by atoms with E-state index in [2.05, 4.69) is 34.4 Å². The Hall–Kier alpha value is -1.66. The summed E-state index contributed by atoms with van der Waals surface area (Å²) in [4.78, 5) is 18.1. The molecule has 0 aliphatic carbocycles. The Morgan fingerprint density at radius 3 is 3.14 bits per heavy atom. The maximum absolute atomic E-state index is 11.8. The van der Waals surface area contributed by atoms with Gasteiger partial charge in [0, 0.05) is 32.4 Å². The third-order valence-corrected chi connectivity index (χ3v) is 3.26. The highest BCUT2D eigenvalue weighted by Crippen LogP contribution is 2.07. The van der Waals surface area contributed by atoms with Gasteiger partial charge in [-0.3, -0.25) is 9.88 Å². The minimum Gasteiger partial charge on any atom is -0.374 e. The Labute approximate surface area is 125 Å². The first-order valence-electron chi connectivity index (χ1n) is 7.42. The summed E-state index contributed by atoms with van der Waals surface area (Å²) < 4.78 is 5.69. The van der Waals surface area contributed by atoms with Gasteiger partial charge < -0.3 is 15.4 Å². The predicted molar refractivity (Wildman–Crippen MR) is 82.3 cm³/mol. The van der Waals surface area contributed by atoms with Gasteiger partial charge in [-0.2, -0.15) is 0 Å². The van der Waals surface area contributed by atoms with Crippen molar-refractivity contribution in [1.82, 2.24) is 15.2 Å². The van der Waals surface area contributed by atoms with Crippen LogP contribution in [0.1, 0.15) is 13.8 Å². The summed E-state index contributed by atoms with van der Waals surface area (Å²) >= 11 is 0. The monoisotopic (exact) mass is 292 g/mol. The van der Waals surface area contributed by atoms with Crippen molar-refractivity contribution < 1.29 is 9.53 Å². The normalized spacial score (nSPS) is 19.5. The van der Waals surface area contributed by atoms with Crippen LogP contribution < -0.4 is 10.6 Å². The molecule has 2 N–H and O–H groups in total. The van der Waals surface area contributed by atoms with Gasteiger partial charge in [-0.25, -0.2) is 4.79 Å². The van der Waals surface area contributed by atoms with E-state index in [9.17, 15) is 4.79 Å². The molecule has 1 saturated heterocycles. The number of carbonyl (C=O) groups excluding carboxylic acids is 1. The highest BCUT2D eigenvalue weighted by molar-refractivity contribution is 5.88. The number of nitrogens with zero attached hydrogens (tertiary/aromatic N) is 2.